The molecule has 3 fully saturated rings. The maximum atomic E-state index is 14.9. The number of amides is 4. The summed E-state index contributed by atoms with van der Waals surface area (Å²) in [6.45, 7) is 13.2. The van der Waals surface area contributed by atoms with E-state index in [0.29, 0.717) is 55.7 Å². The Morgan fingerprint density at radius 2 is 1.80 bits per heavy atom. The summed E-state index contributed by atoms with van der Waals surface area (Å²) in [4.78, 5) is 62.8. The van der Waals surface area contributed by atoms with Crippen molar-refractivity contribution in [3.8, 4) is 11.6 Å². The van der Waals surface area contributed by atoms with Crippen molar-refractivity contribution in [2.45, 2.75) is 134 Å². The van der Waals surface area contributed by atoms with E-state index in [-0.39, 0.29) is 31.2 Å². The number of hydrogen-bond acceptors (Lipinski definition) is 10. The topological polar surface area (TPSA) is 182 Å². The highest BCUT2D eigenvalue weighted by Crippen LogP contribution is 2.48. The molecule has 14 nitrogen and oxygen atoms in total. The summed E-state index contributed by atoms with van der Waals surface area (Å²) in [5, 5.41) is 7.27. The number of carbonyl (C=O) groups excluding carboxylic acids is 4. The first-order valence-electron chi connectivity index (χ1n) is 19.9. The van der Waals surface area contributed by atoms with Crippen LogP contribution in [0, 0.1) is 17.8 Å². The quantitative estimate of drug-likeness (QED) is 0.287. The van der Waals surface area contributed by atoms with Crippen LogP contribution < -0.4 is 24.8 Å². The SMILES string of the molecule is CCOc1cnc(O[C@@H]2C[C@H]3C(=O)NC4(C(=O)NS(=O)(=O)C5(C)CC5)CC4/C=C\CC[C@@H](C)C[C@@H](CC)[C@H](NC(=O)OC(C)(C)C)C(=O)N3C2)c2ccccc12. The number of nitrogens with zero attached hydrogens (tertiary/aromatic N) is 2. The zero-order valence-electron chi connectivity index (χ0n) is 33.6. The van der Waals surface area contributed by atoms with Crippen LogP contribution in [0.2, 0.25) is 0 Å². The highest BCUT2D eigenvalue weighted by Gasteiger charge is 2.63. The van der Waals surface area contributed by atoms with Gasteiger partial charge >= 0.3 is 6.09 Å². The van der Waals surface area contributed by atoms with Crippen molar-refractivity contribution in [1.82, 2.24) is 25.2 Å². The third kappa shape index (κ3) is 8.77. The van der Waals surface area contributed by atoms with Gasteiger partial charge in [0.2, 0.25) is 27.7 Å². The van der Waals surface area contributed by atoms with E-state index in [0.717, 1.165) is 11.8 Å². The summed E-state index contributed by atoms with van der Waals surface area (Å²) >= 11 is 0. The first-order chi connectivity index (χ1) is 26.4. The Bertz CT molecular complexity index is 1980. The van der Waals surface area contributed by atoms with Crippen molar-refractivity contribution in [1.29, 1.82) is 0 Å². The van der Waals surface area contributed by atoms with Gasteiger partial charge in [-0.3, -0.25) is 19.1 Å². The van der Waals surface area contributed by atoms with Crippen molar-refractivity contribution >= 4 is 44.6 Å². The average molecular weight is 796 g/mol. The molecule has 2 aromatic rings. The average Bonchev–Trinajstić information content (AvgIpc) is 4.01. The number of allylic oxidation sites excluding steroid dienone is 1. The number of sulfonamides is 1. The van der Waals surface area contributed by atoms with Gasteiger partial charge in [0.1, 0.15) is 35.1 Å². The lowest BCUT2D eigenvalue weighted by atomic mass is 9.85. The van der Waals surface area contributed by atoms with Crippen LogP contribution in [0.4, 0.5) is 4.79 Å². The monoisotopic (exact) mass is 795 g/mol. The van der Waals surface area contributed by atoms with Gasteiger partial charge in [0, 0.05) is 23.1 Å². The number of alkyl carbamates (subject to hydrolysis) is 1. The van der Waals surface area contributed by atoms with Gasteiger partial charge < -0.3 is 29.7 Å². The number of carbonyl (C=O) groups is 4. The van der Waals surface area contributed by atoms with Gasteiger partial charge in [-0.25, -0.2) is 18.2 Å². The predicted molar refractivity (Wildman–Crippen MR) is 210 cm³/mol. The minimum absolute atomic E-state index is 0.0200. The molecule has 2 aliphatic heterocycles. The maximum Gasteiger partial charge on any atom is 0.408 e. The summed E-state index contributed by atoms with van der Waals surface area (Å²) in [7, 11) is -4.00. The number of rotatable bonds is 9. The molecule has 2 unspecified atom stereocenters. The lowest BCUT2D eigenvalue weighted by Crippen LogP contribution is -2.59. The minimum atomic E-state index is -4.00. The Hall–Kier alpha value is -4.40. The fourth-order valence-electron chi connectivity index (χ4n) is 7.91. The second-order valence-electron chi connectivity index (χ2n) is 17.2. The second kappa shape index (κ2) is 15.9. The van der Waals surface area contributed by atoms with Crippen LogP contribution in [0.3, 0.4) is 0 Å². The molecule has 2 aliphatic carbocycles. The maximum absolute atomic E-state index is 14.9. The summed E-state index contributed by atoms with van der Waals surface area (Å²) in [5.41, 5.74) is -2.35. The normalized spacial score (nSPS) is 29.7. The molecule has 3 N–H and O–H groups in total. The van der Waals surface area contributed by atoms with Crippen LogP contribution in [0.5, 0.6) is 11.6 Å². The largest absolute Gasteiger partial charge is 0.492 e. The van der Waals surface area contributed by atoms with Gasteiger partial charge in [0.25, 0.3) is 5.91 Å². The third-order valence-electron chi connectivity index (χ3n) is 11.6. The molecule has 3 heterocycles. The van der Waals surface area contributed by atoms with E-state index in [1.165, 1.54) is 4.90 Å². The molecule has 1 aromatic carbocycles. The molecule has 56 heavy (non-hydrogen) atoms. The first kappa shape index (κ1) is 41.2. The minimum Gasteiger partial charge on any atom is -0.492 e. The molecule has 0 bridgehead atoms. The summed E-state index contributed by atoms with van der Waals surface area (Å²) in [6.07, 6.45) is 7.74. The van der Waals surface area contributed by atoms with E-state index in [4.69, 9.17) is 14.2 Å². The van der Waals surface area contributed by atoms with Crippen LogP contribution in [0.15, 0.2) is 42.6 Å². The zero-order valence-corrected chi connectivity index (χ0v) is 34.4. The molecule has 2 saturated carbocycles. The summed E-state index contributed by atoms with van der Waals surface area (Å²) < 4.78 is 45.6. The Balaban J connectivity index is 1.37. The van der Waals surface area contributed by atoms with Crippen LogP contribution >= 0.6 is 0 Å². The molecule has 4 amide bonds. The standard InChI is InChI=1S/C41H57N5O9S/c1-8-26-20-25(3)14-10-11-15-27-22-41(27,37(49)45-56(51,52)40(7)18-19-40)44-34(47)31-21-28(24-46(31)36(48)33(26)43-38(50)55-39(4,5)6)54-35-30-17-13-12-16-29(30)32(23-42-35)53-9-2/h11-13,15-17,23,25-28,31,33H,8-10,14,18-22,24H2,1-7H3,(H,43,50)(H,44,47)(H,45,49)/b15-11-/t25-,26-,27?,28-,31+,33+,41?/m1/s1. The predicted octanol–water partition coefficient (Wildman–Crippen LogP) is 5.15. The van der Waals surface area contributed by atoms with Crippen molar-refractivity contribution in [3.05, 3.63) is 42.6 Å². The van der Waals surface area contributed by atoms with E-state index in [1.54, 1.807) is 33.9 Å². The van der Waals surface area contributed by atoms with Gasteiger partial charge in [-0.2, -0.15) is 0 Å². The van der Waals surface area contributed by atoms with Crippen LogP contribution in [0.25, 0.3) is 10.8 Å². The highest BCUT2D eigenvalue weighted by atomic mass is 32.2. The van der Waals surface area contributed by atoms with Gasteiger partial charge in [-0.05, 0) is 91.0 Å². The smallest absolute Gasteiger partial charge is 0.408 e. The van der Waals surface area contributed by atoms with Gasteiger partial charge in [-0.15, -0.1) is 0 Å². The number of pyridine rings is 1. The van der Waals surface area contributed by atoms with Crippen molar-refractivity contribution in [3.63, 3.8) is 0 Å². The number of nitrogens with one attached hydrogen (secondary N) is 3. The van der Waals surface area contributed by atoms with E-state index in [1.807, 2.05) is 50.3 Å². The molecule has 15 heteroatoms. The molecule has 0 radical (unpaired) electrons. The zero-order chi connectivity index (χ0) is 40.6. The number of fused-ring (bicyclic) bond motifs is 3. The Morgan fingerprint density at radius 1 is 1.09 bits per heavy atom. The number of benzene rings is 1. The molecule has 1 saturated heterocycles. The Kier molecular flexibility index (Phi) is 11.7. The lowest BCUT2D eigenvalue weighted by Gasteiger charge is -2.34. The summed E-state index contributed by atoms with van der Waals surface area (Å²) in [5.74, 6) is -1.59. The van der Waals surface area contributed by atoms with E-state index < -0.39 is 73.8 Å². The molecule has 0 spiro atoms. The van der Waals surface area contributed by atoms with Gasteiger partial charge in [0.15, 0.2) is 0 Å². The molecular formula is C41H57N5O9S. The fraction of sp³-hybridized carbons (Fsp3) is 0.634. The van der Waals surface area contributed by atoms with E-state index in [9.17, 15) is 27.6 Å². The number of hydrogen-bond donors (Lipinski definition) is 3. The van der Waals surface area contributed by atoms with E-state index >= 15 is 0 Å². The third-order valence-corrected chi connectivity index (χ3v) is 13.7. The lowest BCUT2D eigenvalue weighted by molar-refractivity contribution is -0.142. The molecule has 1 aromatic heterocycles. The first-order valence-corrected chi connectivity index (χ1v) is 21.4. The van der Waals surface area contributed by atoms with Gasteiger partial charge in [0.05, 0.1) is 24.1 Å². The van der Waals surface area contributed by atoms with Crippen LogP contribution in [0.1, 0.15) is 99.8 Å². The van der Waals surface area contributed by atoms with Crippen molar-refractivity contribution < 1.29 is 41.8 Å². The molecule has 4 aliphatic rings. The fourth-order valence-corrected chi connectivity index (χ4v) is 9.22. The van der Waals surface area contributed by atoms with Gasteiger partial charge in [-0.1, -0.05) is 50.6 Å². The van der Waals surface area contributed by atoms with Crippen molar-refractivity contribution in [2.24, 2.45) is 17.8 Å². The molecule has 6 rings (SSSR count). The van der Waals surface area contributed by atoms with Crippen LogP contribution in [-0.4, -0.2) is 89.3 Å². The molecular weight excluding hydrogens is 739 g/mol. The second-order valence-corrected chi connectivity index (χ2v) is 19.4. The highest BCUT2D eigenvalue weighted by molar-refractivity contribution is 7.91. The number of aromatic nitrogens is 1. The number of ether oxygens (including phenoxy) is 3. The Labute approximate surface area is 329 Å². The van der Waals surface area contributed by atoms with Crippen LogP contribution in [-0.2, 0) is 29.1 Å². The van der Waals surface area contributed by atoms with Crippen molar-refractivity contribution in [2.75, 3.05) is 13.2 Å². The Morgan fingerprint density at radius 3 is 2.46 bits per heavy atom. The van der Waals surface area contributed by atoms with E-state index in [2.05, 4.69) is 27.3 Å². The molecule has 7 atom stereocenters. The summed E-state index contributed by atoms with van der Waals surface area (Å²) in [6, 6.07) is 5.34. The molecule has 306 valence electrons.